The van der Waals surface area contributed by atoms with E-state index in [1.165, 1.54) is 0 Å². The van der Waals surface area contributed by atoms with Crippen LogP contribution in [0, 0.1) is 11.3 Å². The maximum absolute atomic E-state index is 9.65. The van der Waals surface area contributed by atoms with E-state index in [1.54, 1.807) is 12.1 Å². The summed E-state index contributed by atoms with van der Waals surface area (Å²) >= 11 is 0. The summed E-state index contributed by atoms with van der Waals surface area (Å²) in [6.45, 7) is 2.07. The van der Waals surface area contributed by atoms with E-state index in [0.717, 1.165) is 18.4 Å². The van der Waals surface area contributed by atoms with Gasteiger partial charge < -0.3 is 21.3 Å². The number of fused-ring (bicyclic) bond motifs is 2. The number of benzene rings is 1. The van der Waals surface area contributed by atoms with E-state index >= 15 is 0 Å². The first-order valence-electron chi connectivity index (χ1n) is 7.06. The molecule has 0 amide bonds. The minimum atomic E-state index is -0.0375. The number of nitrogens with zero attached hydrogens (tertiary/aromatic N) is 2. The Bertz CT molecular complexity index is 796. The first-order valence-corrected chi connectivity index (χ1v) is 7.06. The van der Waals surface area contributed by atoms with Crippen LogP contribution in [0.4, 0.5) is 11.5 Å². The molecule has 6 heteroatoms. The van der Waals surface area contributed by atoms with Crippen LogP contribution in [-0.4, -0.2) is 10.1 Å². The Morgan fingerprint density at radius 3 is 2.86 bits per heavy atom. The van der Waals surface area contributed by atoms with Crippen molar-refractivity contribution >= 4 is 11.5 Å². The zero-order chi connectivity index (χ0) is 15.9. The Balaban J connectivity index is 2.26. The Morgan fingerprint density at radius 1 is 1.41 bits per heavy atom. The fourth-order valence-electron chi connectivity index (χ4n) is 2.89. The van der Waals surface area contributed by atoms with E-state index in [9.17, 15) is 10.4 Å². The number of nitrogen functional groups attached to an aromatic ring is 2. The standard InChI is InChI=1S/C16H16N4O2/c1-2-3-10-9-5-4-8(21)6-12(9)22-16-13(10)14(18)11(7-17)15(19)20-16/h4-6,10,21H,2-3H2,1H3,(H4,18,19,20)/t10-/m1/s1. The third-order valence-electron chi connectivity index (χ3n) is 3.88. The summed E-state index contributed by atoms with van der Waals surface area (Å²) in [5.74, 6) is 0.988. The van der Waals surface area contributed by atoms with Gasteiger partial charge in [-0.2, -0.15) is 10.2 Å². The van der Waals surface area contributed by atoms with Crippen LogP contribution < -0.4 is 16.2 Å². The van der Waals surface area contributed by atoms with E-state index < -0.39 is 0 Å². The summed E-state index contributed by atoms with van der Waals surface area (Å²) in [5.41, 5.74) is 14.1. The van der Waals surface area contributed by atoms with Gasteiger partial charge in [0, 0.05) is 23.1 Å². The molecule has 1 aliphatic heterocycles. The number of aromatic hydroxyl groups is 1. The highest BCUT2D eigenvalue weighted by molar-refractivity contribution is 5.73. The summed E-state index contributed by atoms with van der Waals surface area (Å²) in [5, 5.41) is 18.9. The Hall–Kier alpha value is -2.94. The van der Waals surface area contributed by atoms with Gasteiger partial charge in [-0.15, -0.1) is 0 Å². The Labute approximate surface area is 128 Å². The molecule has 0 radical (unpaired) electrons. The quantitative estimate of drug-likeness (QED) is 0.784. The van der Waals surface area contributed by atoms with Crippen molar-refractivity contribution in [1.29, 1.82) is 5.26 Å². The Kier molecular flexibility index (Phi) is 3.26. The summed E-state index contributed by atoms with van der Waals surface area (Å²) in [6, 6.07) is 6.98. The van der Waals surface area contributed by atoms with E-state index in [-0.39, 0.29) is 23.0 Å². The lowest BCUT2D eigenvalue weighted by Gasteiger charge is -2.29. The molecule has 22 heavy (non-hydrogen) atoms. The molecule has 1 aliphatic rings. The number of hydrogen-bond donors (Lipinski definition) is 3. The van der Waals surface area contributed by atoms with Crippen LogP contribution in [0.2, 0.25) is 0 Å². The van der Waals surface area contributed by atoms with E-state index in [4.69, 9.17) is 16.2 Å². The summed E-state index contributed by atoms with van der Waals surface area (Å²) in [6.07, 6.45) is 1.75. The van der Waals surface area contributed by atoms with E-state index in [2.05, 4.69) is 11.9 Å². The average molecular weight is 296 g/mol. The number of hydrogen-bond acceptors (Lipinski definition) is 6. The lowest BCUT2D eigenvalue weighted by atomic mass is 9.84. The van der Waals surface area contributed by atoms with Gasteiger partial charge in [-0.05, 0) is 12.5 Å². The van der Waals surface area contributed by atoms with E-state index in [0.29, 0.717) is 22.9 Å². The summed E-state index contributed by atoms with van der Waals surface area (Å²) in [4.78, 5) is 4.18. The fourth-order valence-corrected chi connectivity index (χ4v) is 2.89. The third-order valence-corrected chi connectivity index (χ3v) is 3.88. The van der Waals surface area contributed by atoms with Crippen molar-refractivity contribution in [2.24, 2.45) is 0 Å². The van der Waals surface area contributed by atoms with Gasteiger partial charge in [-0.3, -0.25) is 0 Å². The van der Waals surface area contributed by atoms with Gasteiger partial charge in [-0.25, -0.2) is 0 Å². The van der Waals surface area contributed by atoms with Gasteiger partial charge in [0.2, 0.25) is 5.88 Å². The molecule has 0 aliphatic carbocycles. The van der Waals surface area contributed by atoms with Crippen molar-refractivity contribution in [3.63, 3.8) is 0 Å². The highest BCUT2D eigenvalue weighted by Gasteiger charge is 2.32. The van der Waals surface area contributed by atoms with Gasteiger partial charge in [0.05, 0.1) is 5.69 Å². The fraction of sp³-hybridized carbons (Fsp3) is 0.250. The number of phenols is 1. The first kappa shape index (κ1) is 14.0. The van der Waals surface area contributed by atoms with Crippen LogP contribution in [0.1, 0.15) is 42.4 Å². The zero-order valence-electron chi connectivity index (χ0n) is 12.1. The molecule has 3 rings (SSSR count). The number of pyridine rings is 1. The van der Waals surface area contributed by atoms with Crippen LogP contribution in [-0.2, 0) is 0 Å². The molecule has 6 nitrogen and oxygen atoms in total. The molecule has 5 N–H and O–H groups in total. The van der Waals surface area contributed by atoms with Crippen LogP contribution in [0.3, 0.4) is 0 Å². The molecule has 0 saturated heterocycles. The van der Waals surface area contributed by atoms with Crippen molar-refractivity contribution in [1.82, 2.24) is 4.98 Å². The molecular weight excluding hydrogens is 280 g/mol. The predicted molar refractivity (Wildman–Crippen MR) is 82.7 cm³/mol. The molecule has 0 spiro atoms. The molecule has 0 unspecified atom stereocenters. The molecule has 0 fully saturated rings. The van der Waals surface area contributed by atoms with Crippen LogP contribution in [0.15, 0.2) is 18.2 Å². The summed E-state index contributed by atoms with van der Waals surface area (Å²) in [7, 11) is 0. The second-order valence-corrected chi connectivity index (χ2v) is 5.28. The smallest absolute Gasteiger partial charge is 0.227 e. The second-order valence-electron chi connectivity index (χ2n) is 5.28. The van der Waals surface area contributed by atoms with Gasteiger partial charge in [0.1, 0.15) is 28.9 Å². The third kappa shape index (κ3) is 1.99. The molecule has 112 valence electrons. The van der Waals surface area contributed by atoms with Crippen molar-refractivity contribution < 1.29 is 9.84 Å². The number of nitrogens with two attached hydrogens (primary N) is 2. The maximum Gasteiger partial charge on any atom is 0.227 e. The zero-order valence-corrected chi connectivity index (χ0v) is 12.1. The molecule has 2 heterocycles. The monoisotopic (exact) mass is 296 g/mol. The normalized spacial score (nSPS) is 15.4. The van der Waals surface area contributed by atoms with Crippen molar-refractivity contribution in [3.8, 4) is 23.4 Å². The average Bonchev–Trinajstić information content (AvgIpc) is 2.46. The lowest BCUT2D eigenvalue weighted by molar-refractivity contribution is 0.415. The maximum atomic E-state index is 9.65. The first-order chi connectivity index (χ1) is 10.6. The van der Waals surface area contributed by atoms with Gasteiger partial charge in [0.15, 0.2) is 0 Å². The highest BCUT2D eigenvalue weighted by Crippen LogP contribution is 2.49. The molecule has 0 bridgehead atoms. The van der Waals surface area contributed by atoms with Gasteiger partial charge in [0.25, 0.3) is 0 Å². The molecule has 1 aromatic carbocycles. The number of nitriles is 1. The minimum Gasteiger partial charge on any atom is -0.508 e. The second kappa shape index (κ2) is 5.11. The number of phenolic OH excluding ortho intramolecular Hbond substituents is 1. The number of ether oxygens (including phenoxy) is 1. The molecule has 2 aromatic rings. The molecular formula is C16H16N4O2. The lowest BCUT2D eigenvalue weighted by Crippen LogP contribution is -2.16. The number of anilines is 2. The predicted octanol–water partition coefficient (Wildman–Crippen LogP) is 2.86. The minimum absolute atomic E-state index is 0.0375. The molecule has 1 aromatic heterocycles. The van der Waals surface area contributed by atoms with Crippen molar-refractivity contribution in [2.45, 2.75) is 25.7 Å². The summed E-state index contributed by atoms with van der Waals surface area (Å²) < 4.78 is 5.76. The van der Waals surface area contributed by atoms with Gasteiger partial charge in [-0.1, -0.05) is 19.4 Å². The van der Waals surface area contributed by atoms with Crippen molar-refractivity contribution in [3.05, 3.63) is 34.9 Å². The van der Waals surface area contributed by atoms with Crippen LogP contribution in [0.25, 0.3) is 0 Å². The van der Waals surface area contributed by atoms with Crippen LogP contribution >= 0.6 is 0 Å². The molecule has 0 saturated carbocycles. The largest absolute Gasteiger partial charge is 0.508 e. The molecule has 1 atom stereocenters. The topological polar surface area (TPSA) is 118 Å². The number of aromatic nitrogens is 1. The van der Waals surface area contributed by atoms with Crippen molar-refractivity contribution in [2.75, 3.05) is 11.5 Å². The highest BCUT2D eigenvalue weighted by atomic mass is 16.5. The Morgan fingerprint density at radius 2 is 2.18 bits per heavy atom. The van der Waals surface area contributed by atoms with E-state index in [1.807, 2.05) is 12.1 Å². The SMILES string of the molecule is CCC[C@@H]1c2ccc(O)cc2Oc2nc(N)c(C#N)c(N)c21. The number of rotatable bonds is 2. The van der Waals surface area contributed by atoms with Crippen LogP contribution in [0.5, 0.6) is 17.4 Å². The van der Waals surface area contributed by atoms with Gasteiger partial charge >= 0.3 is 0 Å².